The first-order valence-corrected chi connectivity index (χ1v) is 12.5. The van der Waals surface area contributed by atoms with E-state index in [1.54, 1.807) is 4.90 Å². The molecule has 1 saturated heterocycles. The van der Waals surface area contributed by atoms with E-state index in [9.17, 15) is 9.90 Å². The van der Waals surface area contributed by atoms with Crippen molar-refractivity contribution in [3.05, 3.63) is 101 Å². The summed E-state index contributed by atoms with van der Waals surface area (Å²) < 4.78 is 0. The molecular formula is C29H31ClN2O2. The summed E-state index contributed by atoms with van der Waals surface area (Å²) in [6, 6.07) is 26.3. The Kier molecular flexibility index (Phi) is 6.89. The summed E-state index contributed by atoms with van der Waals surface area (Å²) in [6.07, 6.45) is 2.20. The first-order chi connectivity index (χ1) is 16.6. The molecule has 3 aromatic carbocycles. The number of nitrogens with zero attached hydrogens (tertiary/aromatic N) is 2. The lowest BCUT2D eigenvalue weighted by Crippen LogP contribution is -2.47. The van der Waals surface area contributed by atoms with Crippen LogP contribution in [-0.4, -0.2) is 35.7 Å². The van der Waals surface area contributed by atoms with E-state index in [1.165, 1.54) is 18.4 Å². The van der Waals surface area contributed by atoms with Crippen LogP contribution in [0.5, 0.6) is 0 Å². The second-order valence-electron chi connectivity index (χ2n) is 9.77. The van der Waals surface area contributed by atoms with Crippen molar-refractivity contribution in [1.82, 2.24) is 4.90 Å². The van der Waals surface area contributed by atoms with E-state index in [1.807, 2.05) is 48.5 Å². The van der Waals surface area contributed by atoms with Crippen molar-refractivity contribution in [3.63, 3.8) is 0 Å². The number of amides is 1. The van der Waals surface area contributed by atoms with E-state index in [4.69, 9.17) is 11.6 Å². The standard InChI is InChI=1S/C29H31ClN2O2/c30-26-14-10-21(11-15-26)16-23-8-4-5-9-28(23)32(29(33)34)20-27-24-12-13-25(27)19-31(18-24)17-22-6-2-1-3-7-22/h1-11,14-15,24-25,27H,12-13,16-20H2,(H,33,34). The van der Waals surface area contributed by atoms with Crippen LogP contribution >= 0.6 is 11.6 Å². The van der Waals surface area contributed by atoms with Crippen LogP contribution in [0, 0.1) is 17.8 Å². The first kappa shape index (κ1) is 22.9. The molecule has 1 heterocycles. The van der Waals surface area contributed by atoms with Gasteiger partial charge in [-0.2, -0.15) is 0 Å². The predicted octanol–water partition coefficient (Wildman–Crippen LogP) is 6.57. The average Bonchev–Trinajstić information content (AvgIpc) is 3.07. The third kappa shape index (κ3) is 5.13. The lowest BCUT2D eigenvalue weighted by atomic mass is 9.84. The molecule has 2 bridgehead atoms. The molecule has 0 aromatic heterocycles. The number of para-hydroxylation sites is 1. The number of hydrogen-bond acceptors (Lipinski definition) is 2. The van der Waals surface area contributed by atoms with E-state index in [-0.39, 0.29) is 0 Å². The van der Waals surface area contributed by atoms with Gasteiger partial charge in [0.1, 0.15) is 0 Å². The summed E-state index contributed by atoms with van der Waals surface area (Å²) in [5.74, 6) is 1.51. The van der Waals surface area contributed by atoms with Gasteiger partial charge in [0, 0.05) is 31.2 Å². The highest BCUT2D eigenvalue weighted by Crippen LogP contribution is 2.43. The van der Waals surface area contributed by atoms with Gasteiger partial charge in [-0.15, -0.1) is 0 Å². The molecule has 0 spiro atoms. The Bertz CT molecular complexity index is 1100. The van der Waals surface area contributed by atoms with E-state index in [2.05, 4.69) is 35.2 Å². The third-order valence-electron chi connectivity index (χ3n) is 7.57. The number of hydrogen-bond donors (Lipinski definition) is 1. The maximum Gasteiger partial charge on any atom is 0.411 e. The predicted molar refractivity (Wildman–Crippen MR) is 137 cm³/mol. The Labute approximate surface area is 206 Å². The number of anilines is 1. The molecule has 1 aliphatic heterocycles. The molecule has 1 aliphatic carbocycles. The third-order valence-corrected chi connectivity index (χ3v) is 7.82. The number of carboxylic acid groups (broad SMARTS) is 1. The van der Waals surface area contributed by atoms with Crippen LogP contribution < -0.4 is 4.90 Å². The smallest absolute Gasteiger partial charge is 0.411 e. The molecular weight excluding hydrogens is 444 g/mol. The molecule has 2 fully saturated rings. The fourth-order valence-electron chi connectivity index (χ4n) is 5.94. The normalized spacial score (nSPS) is 22.0. The van der Waals surface area contributed by atoms with Gasteiger partial charge in [0.25, 0.3) is 0 Å². The molecule has 5 rings (SSSR count). The van der Waals surface area contributed by atoms with Crippen LogP contribution in [-0.2, 0) is 13.0 Å². The zero-order chi connectivity index (χ0) is 23.5. The maximum atomic E-state index is 12.5. The molecule has 2 atom stereocenters. The molecule has 1 saturated carbocycles. The zero-order valence-electron chi connectivity index (χ0n) is 19.3. The average molecular weight is 475 g/mol. The van der Waals surface area contributed by atoms with Gasteiger partial charge in [-0.25, -0.2) is 4.79 Å². The second kappa shape index (κ2) is 10.2. The van der Waals surface area contributed by atoms with Crippen LogP contribution in [0.4, 0.5) is 10.5 Å². The largest absolute Gasteiger partial charge is 0.465 e. The Morgan fingerprint density at radius 1 is 0.882 bits per heavy atom. The van der Waals surface area contributed by atoms with Crippen molar-refractivity contribution in [3.8, 4) is 0 Å². The monoisotopic (exact) mass is 474 g/mol. The van der Waals surface area contributed by atoms with Crippen LogP contribution in [0.15, 0.2) is 78.9 Å². The molecule has 0 radical (unpaired) electrons. The number of benzene rings is 3. The van der Waals surface area contributed by atoms with Crippen molar-refractivity contribution in [2.75, 3.05) is 24.5 Å². The van der Waals surface area contributed by atoms with Gasteiger partial charge in [0.2, 0.25) is 0 Å². The lowest BCUT2D eigenvalue weighted by Gasteiger charge is -2.40. The highest BCUT2D eigenvalue weighted by atomic mass is 35.5. The van der Waals surface area contributed by atoms with Crippen molar-refractivity contribution < 1.29 is 9.90 Å². The minimum absolute atomic E-state index is 0.409. The van der Waals surface area contributed by atoms with Gasteiger partial charge >= 0.3 is 6.09 Å². The number of fused-ring (bicyclic) bond motifs is 2. The van der Waals surface area contributed by atoms with Crippen molar-refractivity contribution in [2.24, 2.45) is 17.8 Å². The number of likely N-dealkylation sites (tertiary alicyclic amines) is 1. The summed E-state index contributed by atoms with van der Waals surface area (Å²) in [7, 11) is 0. The number of carbonyl (C=O) groups is 1. The molecule has 176 valence electrons. The van der Waals surface area contributed by atoms with E-state index < -0.39 is 6.09 Å². The molecule has 3 aromatic rings. The number of halogens is 1. The van der Waals surface area contributed by atoms with E-state index >= 15 is 0 Å². The summed E-state index contributed by atoms with van der Waals surface area (Å²) in [6.45, 7) is 3.65. The van der Waals surface area contributed by atoms with Gasteiger partial charge in [0.15, 0.2) is 0 Å². The lowest BCUT2D eigenvalue weighted by molar-refractivity contribution is 0.105. The molecule has 34 heavy (non-hydrogen) atoms. The quantitative estimate of drug-likeness (QED) is 0.421. The van der Waals surface area contributed by atoms with Crippen molar-refractivity contribution >= 4 is 23.4 Å². The zero-order valence-corrected chi connectivity index (χ0v) is 20.1. The number of rotatable bonds is 7. The fourth-order valence-corrected chi connectivity index (χ4v) is 6.06. The molecule has 1 amide bonds. The highest BCUT2D eigenvalue weighted by Gasteiger charge is 2.43. The highest BCUT2D eigenvalue weighted by molar-refractivity contribution is 6.30. The summed E-state index contributed by atoms with van der Waals surface area (Å²) >= 11 is 6.05. The Morgan fingerprint density at radius 2 is 1.53 bits per heavy atom. The summed E-state index contributed by atoms with van der Waals surface area (Å²) in [5.41, 5.74) is 4.30. The topological polar surface area (TPSA) is 43.8 Å². The van der Waals surface area contributed by atoms with E-state index in [0.717, 1.165) is 36.4 Å². The van der Waals surface area contributed by atoms with Crippen LogP contribution in [0.1, 0.15) is 29.5 Å². The molecule has 5 heteroatoms. The van der Waals surface area contributed by atoms with Gasteiger partial charge in [-0.3, -0.25) is 9.80 Å². The Morgan fingerprint density at radius 3 is 2.21 bits per heavy atom. The maximum absolute atomic E-state index is 12.5. The fraction of sp³-hybridized carbons (Fsp3) is 0.345. The van der Waals surface area contributed by atoms with Gasteiger partial charge in [-0.05, 0) is 71.9 Å². The van der Waals surface area contributed by atoms with Crippen LogP contribution in [0.25, 0.3) is 0 Å². The minimum Gasteiger partial charge on any atom is -0.465 e. The van der Waals surface area contributed by atoms with Crippen molar-refractivity contribution in [1.29, 1.82) is 0 Å². The Balaban J connectivity index is 1.31. The van der Waals surface area contributed by atoms with Crippen LogP contribution in [0.2, 0.25) is 5.02 Å². The van der Waals surface area contributed by atoms with Gasteiger partial charge in [-0.1, -0.05) is 72.3 Å². The Hall–Kier alpha value is -2.82. The number of piperidine rings is 1. The van der Waals surface area contributed by atoms with Crippen LogP contribution in [0.3, 0.4) is 0 Å². The van der Waals surface area contributed by atoms with E-state index in [0.29, 0.717) is 35.7 Å². The molecule has 1 N–H and O–H groups in total. The minimum atomic E-state index is -0.866. The van der Waals surface area contributed by atoms with Crippen molar-refractivity contribution in [2.45, 2.75) is 25.8 Å². The second-order valence-corrected chi connectivity index (χ2v) is 10.2. The molecule has 2 unspecified atom stereocenters. The summed E-state index contributed by atoms with van der Waals surface area (Å²) in [4.78, 5) is 16.6. The molecule has 2 aliphatic rings. The SMILES string of the molecule is O=C(O)N(CC1C2CCC1CN(Cc1ccccc1)C2)c1ccccc1Cc1ccc(Cl)cc1. The summed E-state index contributed by atoms with van der Waals surface area (Å²) in [5, 5.41) is 10.9. The first-order valence-electron chi connectivity index (χ1n) is 12.2. The molecule has 4 nitrogen and oxygen atoms in total. The van der Waals surface area contributed by atoms with Gasteiger partial charge < -0.3 is 5.11 Å². The van der Waals surface area contributed by atoms with Gasteiger partial charge in [0.05, 0.1) is 5.69 Å².